The van der Waals surface area contributed by atoms with Gasteiger partial charge in [0.1, 0.15) is 34.4 Å². The van der Waals surface area contributed by atoms with Gasteiger partial charge in [0.05, 0.1) is 11.8 Å². The van der Waals surface area contributed by atoms with Crippen LogP contribution in [0.3, 0.4) is 0 Å². The number of pyridine rings is 1. The average molecular weight is 588 g/mol. The quantitative estimate of drug-likeness (QED) is 0.307. The largest absolute Gasteiger partial charge is 0.416 e. The molecule has 1 atom stereocenters. The summed E-state index contributed by atoms with van der Waals surface area (Å²) < 4.78 is 41.0. The number of carbonyl (C=O) groups is 2. The predicted octanol–water partition coefficient (Wildman–Crippen LogP) is 4.45. The van der Waals surface area contributed by atoms with Gasteiger partial charge >= 0.3 is 6.18 Å². The molecular weight excluding hydrogens is 563 g/mol. The number of amides is 2. The van der Waals surface area contributed by atoms with Gasteiger partial charge in [0, 0.05) is 61.1 Å². The molecule has 4 aromatic heterocycles. The van der Waals surface area contributed by atoms with E-state index in [0.717, 1.165) is 31.2 Å². The van der Waals surface area contributed by atoms with E-state index >= 15 is 0 Å². The summed E-state index contributed by atoms with van der Waals surface area (Å²) in [5.74, 6) is -0.154. The minimum absolute atomic E-state index is 0.0950. The molecule has 0 radical (unpaired) electrons. The number of benzene rings is 1. The van der Waals surface area contributed by atoms with Gasteiger partial charge in [0.25, 0.3) is 11.8 Å². The molecule has 2 amide bonds. The molecule has 14 heteroatoms. The zero-order valence-electron chi connectivity index (χ0n) is 22.5. The maximum atomic E-state index is 13.1. The van der Waals surface area contributed by atoms with Gasteiger partial charge in [-0.3, -0.25) is 19.0 Å². The summed E-state index contributed by atoms with van der Waals surface area (Å²) in [6.07, 6.45) is 5.78. The Balaban J connectivity index is 1.27. The molecule has 1 fully saturated rings. The lowest BCUT2D eigenvalue weighted by molar-refractivity contribution is -0.137. The topological polar surface area (TPSA) is 144 Å². The first kappa shape index (κ1) is 27.8. The Hall–Kier alpha value is -5.40. The Morgan fingerprint density at radius 2 is 1.81 bits per heavy atom. The monoisotopic (exact) mass is 587 g/mol. The van der Waals surface area contributed by atoms with Crippen molar-refractivity contribution >= 4 is 29.0 Å². The van der Waals surface area contributed by atoms with E-state index in [4.69, 9.17) is 10.7 Å². The number of imidazole rings is 1. The average Bonchev–Trinajstić information content (AvgIpc) is 3.42. The Morgan fingerprint density at radius 1 is 1.00 bits per heavy atom. The van der Waals surface area contributed by atoms with E-state index in [1.165, 1.54) is 30.7 Å². The zero-order valence-corrected chi connectivity index (χ0v) is 22.5. The van der Waals surface area contributed by atoms with E-state index in [0.29, 0.717) is 35.7 Å². The molecule has 1 aromatic carbocycles. The fourth-order valence-electron chi connectivity index (χ4n) is 5.16. The normalized spacial score (nSPS) is 15.4. The first-order valence-electron chi connectivity index (χ1n) is 13.3. The van der Waals surface area contributed by atoms with Crippen molar-refractivity contribution in [1.82, 2.24) is 34.2 Å². The summed E-state index contributed by atoms with van der Waals surface area (Å²) in [5.41, 5.74) is 7.65. The van der Waals surface area contributed by atoms with E-state index in [-0.39, 0.29) is 34.7 Å². The molecule has 1 aliphatic heterocycles. The minimum Gasteiger partial charge on any atom is -0.382 e. The van der Waals surface area contributed by atoms with E-state index < -0.39 is 17.6 Å². The molecular formula is C29H24F3N9O2. The number of carbonyl (C=O) groups excluding carboxylic acids is 2. The number of nitrogens with two attached hydrogens (primary N) is 1. The predicted molar refractivity (Wildman–Crippen MR) is 150 cm³/mol. The maximum Gasteiger partial charge on any atom is 0.416 e. The van der Waals surface area contributed by atoms with Crippen molar-refractivity contribution in [2.75, 3.05) is 24.1 Å². The van der Waals surface area contributed by atoms with Crippen LogP contribution in [0, 0.1) is 0 Å². The molecule has 5 aromatic rings. The highest BCUT2D eigenvalue weighted by Crippen LogP contribution is 2.34. The van der Waals surface area contributed by atoms with Gasteiger partial charge in [0.2, 0.25) is 0 Å². The molecule has 11 nitrogen and oxygen atoms in total. The van der Waals surface area contributed by atoms with Crippen LogP contribution in [0.5, 0.6) is 0 Å². The molecule has 218 valence electrons. The molecule has 0 unspecified atom stereocenters. The Kier molecular flexibility index (Phi) is 7.17. The number of rotatable bonds is 5. The second-order valence-corrected chi connectivity index (χ2v) is 9.99. The first-order valence-corrected chi connectivity index (χ1v) is 13.3. The van der Waals surface area contributed by atoms with Gasteiger partial charge < -0.3 is 16.0 Å². The Bertz CT molecular complexity index is 1810. The summed E-state index contributed by atoms with van der Waals surface area (Å²) in [4.78, 5) is 48.7. The van der Waals surface area contributed by atoms with Gasteiger partial charge in [-0.05, 0) is 37.1 Å². The van der Waals surface area contributed by atoms with Gasteiger partial charge in [-0.1, -0.05) is 12.1 Å². The highest BCUT2D eigenvalue weighted by atomic mass is 19.4. The number of alkyl halides is 3. The van der Waals surface area contributed by atoms with Crippen molar-refractivity contribution in [2.45, 2.75) is 24.9 Å². The molecule has 0 bridgehead atoms. The van der Waals surface area contributed by atoms with E-state index in [1.807, 2.05) is 4.40 Å². The van der Waals surface area contributed by atoms with Crippen molar-refractivity contribution in [3.05, 3.63) is 96.2 Å². The Labute approximate surface area is 242 Å². The summed E-state index contributed by atoms with van der Waals surface area (Å²) >= 11 is 0. The van der Waals surface area contributed by atoms with Gasteiger partial charge in [0.15, 0.2) is 0 Å². The van der Waals surface area contributed by atoms with Gasteiger partial charge in [-0.25, -0.2) is 19.9 Å². The van der Waals surface area contributed by atoms with Gasteiger partial charge in [-0.15, -0.1) is 0 Å². The van der Waals surface area contributed by atoms with Crippen LogP contribution in [0.2, 0.25) is 0 Å². The van der Waals surface area contributed by atoms with Crippen LogP contribution in [0.1, 0.15) is 51.0 Å². The summed E-state index contributed by atoms with van der Waals surface area (Å²) in [6.45, 7) is 1.02. The highest BCUT2D eigenvalue weighted by molar-refractivity contribution is 6.04. The fraction of sp³-hybridized carbons (Fsp3) is 0.207. The molecule has 0 spiro atoms. The summed E-state index contributed by atoms with van der Waals surface area (Å²) in [6, 6.07) is 8.04. The number of nitrogen functional groups attached to an aromatic ring is 1. The number of piperidine rings is 1. The van der Waals surface area contributed by atoms with Gasteiger partial charge in [-0.2, -0.15) is 13.2 Å². The molecule has 1 saturated heterocycles. The number of hydrogen-bond donors (Lipinski definition) is 2. The van der Waals surface area contributed by atoms with Crippen LogP contribution >= 0.6 is 0 Å². The molecule has 0 aliphatic carbocycles. The second kappa shape index (κ2) is 11.1. The standard InChI is InChI=1S/C29H24F3N9O2/c30-29(31,32)20-7-8-36-22(14-20)38-27(42)18-5-3-17(4-6-18)23-24-25(33)37-11-13-41(24)26(39-23)19-2-1-12-40(16-19)28(43)21-15-34-9-10-35-21/h3-11,13-15,19H,1-2,12,16H2,(H2,33,37)(H,36,38,42)/t19-/m1/s1. The summed E-state index contributed by atoms with van der Waals surface area (Å²) in [7, 11) is 0. The number of aromatic nitrogens is 6. The van der Waals surface area contributed by atoms with Crippen molar-refractivity contribution in [3.8, 4) is 11.3 Å². The fourth-order valence-corrected chi connectivity index (χ4v) is 5.16. The lowest BCUT2D eigenvalue weighted by Crippen LogP contribution is -2.40. The smallest absolute Gasteiger partial charge is 0.382 e. The lowest BCUT2D eigenvalue weighted by Gasteiger charge is -2.32. The van der Waals surface area contributed by atoms with Crippen molar-refractivity contribution in [1.29, 1.82) is 0 Å². The van der Waals surface area contributed by atoms with E-state index in [2.05, 4.69) is 25.3 Å². The molecule has 6 rings (SSSR count). The number of halogens is 3. The summed E-state index contributed by atoms with van der Waals surface area (Å²) in [5, 5.41) is 2.40. The molecule has 5 heterocycles. The maximum absolute atomic E-state index is 13.1. The van der Waals surface area contributed by atoms with Crippen molar-refractivity contribution < 1.29 is 22.8 Å². The number of anilines is 2. The van der Waals surface area contributed by atoms with Crippen LogP contribution < -0.4 is 11.1 Å². The molecule has 43 heavy (non-hydrogen) atoms. The van der Waals surface area contributed by atoms with Crippen molar-refractivity contribution in [2.24, 2.45) is 0 Å². The van der Waals surface area contributed by atoms with Crippen molar-refractivity contribution in [3.63, 3.8) is 0 Å². The van der Waals surface area contributed by atoms with E-state index in [9.17, 15) is 22.8 Å². The third kappa shape index (κ3) is 5.58. The highest BCUT2D eigenvalue weighted by Gasteiger charge is 2.32. The molecule has 0 saturated carbocycles. The SMILES string of the molecule is Nc1nccn2c([C@@H]3CCCN(C(=O)c4cnccn4)C3)nc(-c3ccc(C(=O)Nc4cc(C(F)(F)F)ccn4)cc3)c12. The number of hydrogen-bond acceptors (Lipinski definition) is 8. The third-order valence-electron chi connectivity index (χ3n) is 7.22. The lowest BCUT2D eigenvalue weighted by atomic mass is 9.97. The zero-order chi connectivity index (χ0) is 30.1. The number of nitrogens with one attached hydrogen (secondary N) is 1. The third-order valence-corrected chi connectivity index (χ3v) is 7.22. The first-order chi connectivity index (χ1) is 20.7. The number of fused-ring (bicyclic) bond motifs is 1. The number of nitrogens with zero attached hydrogens (tertiary/aromatic N) is 7. The van der Waals surface area contributed by atoms with Crippen LogP contribution in [0.4, 0.5) is 24.8 Å². The molecule has 3 N–H and O–H groups in total. The minimum atomic E-state index is -4.56. The van der Waals surface area contributed by atoms with Crippen LogP contribution in [-0.4, -0.2) is 59.1 Å². The Morgan fingerprint density at radius 3 is 2.56 bits per heavy atom. The number of likely N-dealkylation sites (tertiary alicyclic amines) is 1. The second-order valence-electron chi connectivity index (χ2n) is 9.99. The van der Waals surface area contributed by atoms with Crippen LogP contribution in [0.15, 0.2) is 73.6 Å². The van der Waals surface area contributed by atoms with Crippen LogP contribution in [0.25, 0.3) is 16.8 Å². The van der Waals surface area contributed by atoms with Crippen LogP contribution in [-0.2, 0) is 6.18 Å². The molecule has 1 aliphatic rings. The van der Waals surface area contributed by atoms with E-state index in [1.54, 1.807) is 29.4 Å².